The van der Waals surface area contributed by atoms with Gasteiger partial charge in [-0.15, -0.1) is 0 Å². The first-order valence-electron chi connectivity index (χ1n) is 11.3. The van der Waals surface area contributed by atoms with Crippen molar-refractivity contribution in [1.82, 2.24) is 19.2 Å². The Morgan fingerprint density at radius 2 is 1.97 bits per heavy atom. The molecule has 3 heterocycles. The summed E-state index contributed by atoms with van der Waals surface area (Å²) in [6.45, 7) is 2.91. The van der Waals surface area contributed by atoms with Crippen LogP contribution in [-0.2, 0) is 6.18 Å². The van der Waals surface area contributed by atoms with E-state index in [1.54, 1.807) is 6.92 Å². The van der Waals surface area contributed by atoms with Crippen LogP contribution in [0.5, 0.6) is 5.75 Å². The molecule has 0 saturated carbocycles. The Morgan fingerprint density at radius 3 is 2.59 bits per heavy atom. The minimum absolute atomic E-state index is 0.00577. The van der Waals surface area contributed by atoms with Gasteiger partial charge in [-0.2, -0.15) is 17.5 Å². The van der Waals surface area contributed by atoms with Gasteiger partial charge < -0.3 is 20.3 Å². The van der Waals surface area contributed by atoms with E-state index in [0.717, 1.165) is 23.8 Å². The van der Waals surface area contributed by atoms with Crippen LogP contribution in [0.2, 0.25) is 0 Å². The first-order valence-corrected chi connectivity index (χ1v) is 12.1. The maximum Gasteiger partial charge on any atom is 0.434 e. The summed E-state index contributed by atoms with van der Waals surface area (Å²) in [6.07, 6.45) is -2.02. The molecule has 1 amide bonds. The van der Waals surface area contributed by atoms with E-state index in [9.17, 15) is 26.7 Å². The average molecular weight is 543 g/mol. The number of ether oxygens (including phenoxy) is 1. The van der Waals surface area contributed by atoms with E-state index < -0.39 is 30.3 Å². The van der Waals surface area contributed by atoms with Crippen molar-refractivity contribution >= 4 is 33.9 Å². The third-order valence-corrected chi connectivity index (χ3v) is 6.55. The van der Waals surface area contributed by atoms with Crippen LogP contribution in [0, 0.1) is 12.7 Å². The van der Waals surface area contributed by atoms with Gasteiger partial charge in [-0.1, -0.05) is 0 Å². The van der Waals surface area contributed by atoms with Crippen molar-refractivity contribution in [2.24, 2.45) is 0 Å². The van der Waals surface area contributed by atoms with E-state index in [1.165, 1.54) is 12.1 Å². The number of alkyl halides is 4. The number of likely N-dealkylation sites (tertiary alicyclic amines) is 1. The summed E-state index contributed by atoms with van der Waals surface area (Å²) in [4.78, 5) is 21.9. The second-order valence-corrected chi connectivity index (χ2v) is 9.10. The molecule has 1 saturated heterocycles. The molecule has 0 aliphatic carbocycles. The minimum atomic E-state index is -4.62. The van der Waals surface area contributed by atoms with Crippen LogP contribution in [0.25, 0.3) is 0 Å². The first kappa shape index (κ1) is 26.7. The predicted molar refractivity (Wildman–Crippen MR) is 128 cm³/mol. The standard InChI is InChI=1S/C23H23F5N6O2S/c1-13-20(22(37-33-13)32-19-12-29-18(11-30-19)23(26,27)28)21(35)31-14-2-3-17(16(25)10-14)36-15-4-7-34(8-5-15)9-6-24/h2-3,10-12,15H,4-9H2,1H3,(H,30,32)(H,31,35). The molecule has 1 aliphatic heterocycles. The Balaban J connectivity index is 1.40. The van der Waals surface area contributed by atoms with Crippen LogP contribution in [-0.4, -0.2) is 57.6 Å². The summed E-state index contributed by atoms with van der Waals surface area (Å²) in [6, 6.07) is 4.06. The highest BCUT2D eigenvalue weighted by Gasteiger charge is 2.33. The van der Waals surface area contributed by atoms with Gasteiger partial charge in [-0.25, -0.2) is 18.7 Å². The summed E-state index contributed by atoms with van der Waals surface area (Å²) >= 11 is 0.918. The molecule has 198 valence electrons. The summed E-state index contributed by atoms with van der Waals surface area (Å²) in [5, 5.41) is 5.59. The lowest BCUT2D eigenvalue weighted by Gasteiger charge is -2.31. The molecule has 1 aromatic carbocycles. The topological polar surface area (TPSA) is 92.3 Å². The van der Waals surface area contributed by atoms with Gasteiger partial charge >= 0.3 is 6.18 Å². The van der Waals surface area contributed by atoms with Gasteiger partial charge in [0.05, 0.1) is 23.7 Å². The molecule has 2 N–H and O–H groups in total. The molecule has 2 aromatic heterocycles. The summed E-state index contributed by atoms with van der Waals surface area (Å²) in [5.74, 6) is -1.20. The van der Waals surface area contributed by atoms with Gasteiger partial charge in [0, 0.05) is 31.4 Å². The van der Waals surface area contributed by atoms with Crippen LogP contribution >= 0.6 is 11.5 Å². The molecule has 0 spiro atoms. The number of aromatic nitrogens is 3. The second kappa shape index (κ2) is 11.3. The summed E-state index contributed by atoms with van der Waals surface area (Å²) < 4.78 is 75.2. The molecular formula is C23H23F5N6O2S. The number of hydrogen-bond acceptors (Lipinski definition) is 8. The van der Waals surface area contributed by atoms with Crippen molar-refractivity contribution < 1.29 is 31.5 Å². The maximum atomic E-state index is 14.7. The summed E-state index contributed by atoms with van der Waals surface area (Å²) in [7, 11) is 0. The molecule has 1 fully saturated rings. The molecule has 1 aliphatic rings. The molecule has 0 radical (unpaired) electrons. The normalized spacial score (nSPS) is 15.0. The molecular weight excluding hydrogens is 519 g/mol. The smallest absolute Gasteiger partial charge is 0.434 e. The number of piperidine rings is 1. The molecule has 3 aromatic rings. The Morgan fingerprint density at radius 1 is 1.22 bits per heavy atom. The Labute approximate surface area is 213 Å². The number of anilines is 3. The van der Waals surface area contributed by atoms with Gasteiger partial charge in [0.25, 0.3) is 5.91 Å². The number of rotatable bonds is 8. The maximum absolute atomic E-state index is 14.7. The van der Waals surface area contributed by atoms with Crippen molar-refractivity contribution in [3.63, 3.8) is 0 Å². The van der Waals surface area contributed by atoms with Crippen LogP contribution < -0.4 is 15.4 Å². The zero-order valence-electron chi connectivity index (χ0n) is 19.6. The summed E-state index contributed by atoms with van der Waals surface area (Å²) in [5.41, 5.74) is -0.469. The van der Waals surface area contributed by atoms with E-state index in [1.807, 2.05) is 4.90 Å². The lowest BCUT2D eigenvalue weighted by molar-refractivity contribution is -0.141. The van der Waals surface area contributed by atoms with Crippen LogP contribution in [0.3, 0.4) is 0 Å². The lowest BCUT2D eigenvalue weighted by Crippen LogP contribution is -2.39. The fourth-order valence-electron chi connectivity index (χ4n) is 3.80. The van der Waals surface area contributed by atoms with Crippen LogP contribution in [0.15, 0.2) is 30.6 Å². The Kier molecular flexibility index (Phi) is 8.17. The largest absolute Gasteiger partial charge is 0.487 e. The number of halogens is 5. The molecule has 4 rings (SSSR count). The zero-order valence-corrected chi connectivity index (χ0v) is 20.4. The number of hydrogen-bond donors (Lipinski definition) is 2. The zero-order chi connectivity index (χ0) is 26.6. The highest BCUT2D eigenvalue weighted by atomic mass is 32.1. The van der Waals surface area contributed by atoms with E-state index in [-0.39, 0.29) is 33.9 Å². The first-order chi connectivity index (χ1) is 17.6. The van der Waals surface area contributed by atoms with Crippen molar-refractivity contribution in [1.29, 1.82) is 0 Å². The molecule has 37 heavy (non-hydrogen) atoms. The molecule has 8 nitrogen and oxygen atoms in total. The predicted octanol–water partition coefficient (Wildman–Crippen LogP) is 5.21. The van der Waals surface area contributed by atoms with Gasteiger partial charge in [-0.3, -0.25) is 4.79 Å². The number of benzene rings is 1. The van der Waals surface area contributed by atoms with Gasteiger partial charge in [-0.05, 0) is 43.4 Å². The number of nitrogens with zero attached hydrogens (tertiary/aromatic N) is 4. The molecule has 0 atom stereocenters. The lowest BCUT2D eigenvalue weighted by atomic mass is 10.1. The van der Waals surface area contributed by atoms with Crippen LogP contribution in [0.1, 0.15) is 34.6 Å². The van der Waals surface area contributed by atoms with Gasteiger partial charge in [0.2, 0.25) is 0 Å². The quantitative estimate of drug-likeness (QED) is 0.378. The van der Waals surface area contributed by atoms with Crippen LogP contribution in [0.4, 0.5) is 38.5 Å². The number of carbonyl (C=O) groups is 1. The number of amides is 1. The number of aryl methyl sites for hydroxylation is 1. The van der Waals surface area contributed by atoms with Gasteiger partial charge in [0.15, 0.2) is 17.3 Å². The number of nitrogens with one attached hydrogen (secondary N) is 2. The second-order valence-electron chi connectivity index (χ2n) is 8.33. The van der Waals surface area contributed by atoms with Crippen molar-refractivity contribution in [2.45, 2.75) is 32.0 Å². The van der Waals surface area contributed by atoms with Crippen molar-refractivity contribution in [3.05, 3.63) is 53.4 Å². The fourth-order valence-corrected chi connectivity index (χ4v) is 4.60. The highest BCUT2D eigenvalue weighted by molar-refractivity contribution is 7.10. The minimum Gasteiger partial charge on any atom is -0.487 e. The third kappa shape index (κ3) is 6.68. The fraction of sp³-hybridized carbons (Fsp3) is 0.391. The third-order valence-electron chi connectivity index (χ3n) is 5.69. The Bertz CT molecular complexity index is 1230. The van der Waals surface area contributed by atoms with Crippen molar-refractivity contribution in [2.75, 3.05) is 36.9 Å². The molecule has 14 heteroatoms. The molecule has 0 bridgehead atoms. The average Bonchev–Trinajstić information content (AvgIpc) is 3.21. The monoisotopic (exact) mass is 542 g/mol. The molecule has 0 unspecified atom stereocenters. The van der Waals surface area contributed by atoms with Crippen molar-refractivity contribution in [3.8, 4) is 5.75 Å². The van der Waals surface area contributed by atoms with Gasteiger partial charge in [0.1, 0.15) is 23.6 Å². The SMILES string of the molecule is Cc1nsc(Nc2cnc(C(F)(F)F)cn2)c1C(=O)Nc1ccc(OC2CCN(CCF)CC2)c(F)c1. The van der Waals surface area contributed by atoms with E-state index >= 15 is 0 Å². The van der Waals surface area contributed by atoms with E-state index in [0.29, 0.717) is 44.4 Å². The number of carbonyl (C=O) groups excluding carboxylic acids is 1. The highest BCUT2D eigenvalue weighted by Crippen LogP contribution is 2.31. The van der Waals surface area contributed by atoms with E-state index in [4.69, 9.17) is 4.74 Å². The van der Waals surface area contributed by atoms with E-state index in [2.05, 4.69) is 25.0 Å². The Hall–Kier alpha value is -3.39.